The molecule has 1 aliphatic rings. The molecule has 146 valence electrons. The van der Waals surface area contributed by atoms with E-state index in [1.165, 1.54) is 18.3 Å². The number of hydrogen-bond donors (Lipinski definition) is 0. The number of pyridine rings is 1. The van der Waals surface area contributed by atoms with Crippen LogP contribution in [0.25, 0.3) is 16.7 Å². The van der Waals surface area contributed by atoms with Gasteiger partial charge in [-0.15, -0.1) is 0 Å². The largest absolute Gasteiger partial charge is 0.372 e. The number of ether oxygens (including phenoxy) is 1. The van der Waals surface area contributed by atoms with Gasteiger partial charge in [0.2, 0.25) is 0 Å². The number of aromatic nitrogens is 3. The normalized spacial score (nSPS) is 20.0. The SMILES string of the molecule is Cc1nn(-c2ccc(F)cc2)c2ncc(C(=O)N3C[C@@H](C)O[C@H](C)C3)c(Cl)c12. The van der Waals surface area contributed by atoms with Crippen molar-refractivity contribution >= 4 is 28.5 Å². The molecule has 1 fully saturated rings. The first-order valence-corrected chi connectivity index (χ1v) is 9.47. The fourth-order valence-corrected chi connectivity index (χ4v) is 3.98. The fraction of sp³-hybridized carbons (Fsp3) is 0.350. The number of carbonyl (C=O) groups excluding carboxylic acids is 1. The van der Waals surface area contributed by atoms with E-state index in [4.69, 9.17) is 16.3 Å². The molecule has 0 radical (unpaired) electrons. The minimum absolute atomic E-state index is 0.0360. The molecule has 2 atom stereocenters. The maximum atomic E-state index is 13.2. The lowest BCUT2D eigenvalue weighted by atomic mass is 10.1. The molecule has 0 N–H and O–H groups in total. The number of benzene rings is 1. The average molecular weight is 403 g/mol. The van der Waals surface area contributed by atoms with Crippen LogP contribution in [0.5, 0.6) is 0 Å². The van der Waals surface area contributed by atoms with Crippen molar-refractivity contribution in [3.05, 3.63) is 52.6 Å². The highest BCUT2D eigenvalue weighted by Gasteiger charge is 2.29. The van der Waals surface area contributed by atoms with Gasteiger partial charge in [-0.3, -0.25) is 4.79 Å². The minimum atomic E-state index is -0.329. The van der Waals surface area contributed by atoms with Gasteiger partial charge in [0.15, 0.2) is 5.65 Å². The highest BCUT2D eigenvalue weighted by molar-refractivity contribution is 6.38. The van der Waals surface area contributed by atoms with E-state index >= 15 is 0 Å². The topological polar surface area (TPSA) is 60.2 Å². The zero-order valence-corrected chi connectivity index (χ0v) is 16.6. The van der Waals surface area contributed by atoms with E-state index in [9.17, 15) is 9.18 Å². The van der Waals surface area contributed by atoms with Crippen LogP contribution in [0.4, 0.5) is 4.39 Å². The fourth-order valence-electron chi connectivity index (χ4n) is 3.63. The third-order valence-corrected chi connectivity index (χ3v) is 5.21. The highest BCUT2D eigenvalue weighted by atomic mass is 35.5. The van der Waals surface area contributed by atoms with Gasteiger partial charge in [0.1, 0.15) is 5.82 Å². The molecular formula is C20H20ClFN4O2. The van der Waals surface area contributed by atoms with Crippen LogP contribution in [-0.2, 0) is 4.74 Å². The van der Waals surface area contributed by atoms with Crippen LogP contribution in [0, 0.1) is 12.7 Å². The van der Waals surface area contributed by atoms with Crippen molar-refractivity contribution < 1.29 is 13.9 Å². The molecule has 0 bridgehead atoms. The Morgan fingerprint density at radius 1 is 1.21 bits per heavy atom. The van der Waals surface area contributed by atoms with Gasteiger partial charge in [-0.05, 0) is 45.0 Å². The summed E-state index contributed by atoms with van der Waals surface area (Å²) < 4.78 is 20.5. The predicted molar refractivity (Wildman–Crippen MR) is 104 cm³/mol. The van der Waals surface area contributed by atoms with E-state index in [-0.39, 0.29) is 23.9 Å². The molecule has 0 spiro atoms. The van der Waals surface area contributed by atoms with E-state index in [0.717, 1.165) is 0 Å². The third kappa shape index (κ3) is 3.25. The summed E-state index contributed by atoms with van der Waals surface area (Å²) in [5.41, 5.74) is 2.18. The number of amides is 1. The van der Waals surface area contributed by atoms with Crippen molar-refractivity contribution in [1.29, 1.82) is 0 Å². The molecule has 0 saturated carbocycles. The van der Waals surface area contributed by atoms with Gasteiger partial charge in [0.25, 0.3) is 5.91 Å². The van der Waals surface area contributed by atoms with Crippen molar-refractivity contribution in [3.8, 4) is 5.69 Å². The quantitative estimate of drug-likeness (QED) is 0.654. The Balaban J connectivity index is 1.76. The van der Waals surface area contributed by atoms with E-state index in [1.807, 2.05) is 20.8 Å². The second-order valence-corrected chi connectivity index (χ2v) is 7.50. The second kappa shape index (κ2) is 7.14. The molecule has 0 aliphatic carbocycles. The van der Waals surface area contributed by atoms with E-state index in [1.54, 1.807) is 21.7 Å². The molecule has 1 aromatic carbocycles. The standard InChI is InChI=1S/C20H20ClFN4O2/c1-11-9-25(10-12(2)28-11)20(27)16-8-23-19-17(18(16)21)13(3)24-26(19)15-6-4-14(22)5-7-15/h4-8,11-12H,9-10H2,1-3H3/t11-,12-/m1/s1. The Hall–Kier alpha value is -2.51. The number of halogens is 2. The van der Waals surface area contributed by atoms with Gasteiger partial charge in [-0.1, -0.05) is 11.6 Å². The summed E-state index contributed by atoms with van der Waals surface area (Å²) >= 11 is 6.63. The number of aryl methyl sites for hydroxylation is 1. The van der Waals surface area contributed by atoms with Crippen molar-refractivity contribution in [1.82, 2.24) is 19.7 Å². The third-order valence-electron chi connectivity index (χ3n) is 4.82. The maximum Gasteiger partial charge on any atom is 0.257 e. The minimum Gasteiger partial charge on any atom is -0.372 e. The Bertz CT molecular complexity index is 1040. The number of fused-ring (bicyclic) bond motifs is 1. The number of rotatable bonds is 2. The Labute approximate surface area is 166 Å². The summed E-state index contributed by atoms with van der Waals surface area (Å²) in [5.74, 6) is -0.500. The van der Waals surface area contributed by atoms with E-state index in [0.29, 0.717) is 46.1 Å². The zero-order chi connectivity index (χ0) is 20.0. The van der Waals surface area contributed by atoms with Gasteiger partial charge < -0.3 is 9.64 Å². The van der Waals surface area contributed by atoms with Crippen molar-refractivity contribution in [2.24, 2.45) is 0 Å². The molecule has 8 heteroatoms. The van der Waals surface area contributed by atoms with Gasteiger partial charge >= 0.3 is 0 Å². The van der Waals surface area contributed by atoms with Gasteiger partial charge in [0.05, 0.1) is 39.6 Å². The molecule has 3 heterocycles. The zero-order valence-electron chi connectivity index (χ0n) is 15.8. The summed E-state index contributed by atoms with van der Waals surface area (Å²) in [7, 11) is 0. The lowest BCUT2D eigenvalue weighted by molar-refractivity contribution is -0.0586. The average Bonchev–Trinajstić information content (AvgIpc) is 2.99. The monoisotopic (exact) mass is 402 g/mol. The van der Waals surface area contributed by atoms with Crippen molar-refractivity contribution in [3.63, 3.8) is 0 Å². The molecule has 1 aliphatic heterocycles. The molecule has 6 nitrogen and oxygen atoms in total. The van der Waals surface area contributed by atoms with Crippen molar-refractivity contribution in [2.75, 3.05) is 13.1 Å². The van der Waals surface area contributed by atoms with Crippen LogP contribution < -0.4 is 0 Å². The molecule has 28 heavy (non-hydrogen) atoms. The Morgan fingerprint density at radius 2 is 1.86 bits per heavy atom. The lowest BCUT2D eigenvalue weighted by Crippen LogP contribution is -2.48. The van der Waals surface area contributed by atoms with Crippen LogP contribution in [0.15, 0.2) is 30.5 Å². The molecule has 1 amide bonds. The predicted octanol–water partition coefficient (Wildman–Crippen LogP) is 3.77. The Morgan fingerprint density at radius 3 is 2.50 bits per heavy atom. The first-order chi connectivity index (χ1) is 13.3. The van der Waals surface area contributed by atoms with Crippen LogP contribution >= 0.6 is 11.6 Å². The van der Waals surface area contributed by atoms with Gasteiger partial charge in [0, 0.05) is 19.3 Å². The van der Waals surface area contributed by atoms with E-state index < -0.39 is 0 Å². The summed E-state index contributed by atoms with van der Waals surface area (Å²) in [6.07, 6.45) is 1.41. The van der Waals surface area contributed by atoms with Crippen LogP contribution in [0.2, 0.25) is 5.02 Å². The maximum absolute atomic E-state index is 13.2. The molecule has 4 rings (SSSR count). The van der Waals surface area contributed by atoms with Crippen molar-refractivity contribution in [2.45, 2.75) is 33.0 Å². The van der Waals surface area contributed by atoms with Gasteiger partial charge in [-0.25, -0.2) is 14.1 Å². The second-order valence-electron chi connectivity index (χ2n) is 7.13. The van der Waals surface area contributed by atoms with E-state index in [2.05, 4.69) is 10.1 Å². The molecule has 3 aromatic rings. The van der Waals surface area contributed by atoms with Crippen LogP contribution in [0.3, 0.4) is 0 Å². The number of carbonyl (C=O) groups is 1. The Kier molecular flexibility index (Phi) is 4.81. The summed E-state index contributed by atoms with van der Waals surface area (Å²) in [6.45, 7) is 6.70. The summed E-state index contributed by atoms with van der Waals surface area (Å²) in [4.78, 5) is 19.3. The first-order valence-electron chi connectivity index (χ1n) is 9.09. The first kappa shape index (κ1) is 18.8. The number of nitrogens with zero attached hydrogens (tertiary/aromatic N) is 4. The van der Waals surface area contributed by atoms with Gasteiger partial charge in [-0.2, -0.15) is 5.10 Å². The number of morpholine rings is 1. The van der Waals surface area contributed by atoms with Crippen LogP contribution in [0.1, 0.15) is 29.9 Å². The summed E-state index contributed by atoms with van der Waals surface area (Å²) in [5, 5.41) is 5.43. The smallest absolute Gasteiger partial charge is 0.257 e. The van der Waals surface area contributed by atoms with Crippen LogP contribution in [-0.4, -0.2) is 50.9 Å². The lowest BCUT2D eigenvalue weighted by Gasteiger charge is -2.35. The molecular weight excluding hydrogens is 383 g/mol. The molecule has 1 saturated heterocycles. The summed E-state index contributed by atoms with van der Waals surface area (Å²) in [6, 6.07) is 5.95. The molecule has 0 unspecified atom stereocenters. The highest BCUT2D eigenvalue weighted by Crippen LogP contribution is 2.31. The molecule has 2 aromatic heterocycles. The number of hydrogen-bond acceptors (Lipinski definition) is 4.